The number of carbonyl (C=O) groups is 1. The molecule has 3 aromatic rings. The minimum absolute atomic E-state index is 0.00749. The summed E-state index contributed by atoms with van der Waals surface area (Å²) in [7, 11) is 0. The van der Waals surface area contributed by atoms with E-state index in [0.29, 0.717) is 22.3 Å². The van der Waals surface area contributed by atoms with E-state index in [9.17, 15) is 9.18 Å². The maximum absolute atomic E-state index is 14.2. The molecular weight excluding hydrogens is 315 g/mol. The minimum Gasteiger partial charge on any atom is -0.339 e. The molecule has 4 heteroatoms. The SMILES string of the molecule is Cc1ccc2nc(-c3ccccc3F)cc(C(=O)N3CCCC3)c2c1. The Bertz CT molecular complexity index is 961. The van der Waals surface area contributed by atoms with Gasteiger partial charge in [-0.15, -0.1) is 0 Å². The number of halogens is 1. The number of carbonyl (C=O) groups excluding carboxylic acids is 1. The average Bonchev–Trinajstić information content (AvgIpc) is 3.15. The van der Waals surface area contributed by atoms with E-state index in [1.165, 1.54) is 6.07 Å². The van der Waals surface area contributed by atoms with Crippen molar-refractivity contribution in [3.05, 3.63) is 65.5 Å². The fourth-order valence-corrected chi connectivity index (χ4v) is 3.41. The molecule has 0 radical (unpaired) electrons. The van der Waals surface area contributed by atoms with Crippen molar-refractivity contribution >= 4 is 16.8 Å². The van der Waals surface area contributed by atoms with Crippen molar-refractivity contribution in [1.82, 2.24) is 9.88 Å². The zero-order valence-electron chi connectivity index (χ0n) is 14.1. The highest BCUT2D eigenvalue weighted by atomic mass is 19.1. The Hall–Kier alpha value is -2.75. The third kappa shape index (κ3) is 2.88. The standard InChI is InChI=1S/C21H19FN2O/c1-14-8-9-19-16(12-14)17(21(25)24-10-4-5-11-24)13-20(23-19)15-6-2-3-7-18(15)22/h2-3,6-9,12-13H,4-5,10-11H2,1H3. The Kier molecular flexibility index (Phi) is 3.96. The van der Waals surface area contributed by atoms with Crippen LogP contribution in [0.2, 0.25) is 0 Å². The predicted octanol–water partition coefficient (Wildman–Crippen LogP) is 4.59. The molecule has 0 saturated carbocycles. The van der Waals surface area contributed by atoms with Crippen molar-refractivity contribution in [2.75, 3.05) is 13.1 Å². The molecule has 1 saturated heterocycles. The van der Waals surface area contributed by atoms with Crippen LogP contribution in [0.3, 0.4) is 0 Å². The molecule has 4 rings (SSSR count). The lowest BCUT2D eigenvalue weighted by Gasteiger charge is -2.18. The number of hydrogen-bond acceptors (Lipinski definition) is 2. The Morgan fingerprint density at radius 3 is 2.60 bits per heavy atom. The van der Waals surface area contributed by atoms with Gasteiger partial charge in [-0.1, -0.05) is 23.8 Å². The van der Waals surface area contributed by atoms with Gasteiger partial charge in [-0.05, 0) is 50.1 Å². The fraction of sp³-hybridized carbons (Fsp3) is 0.238. The van der Waals surface area contributed by atoms with Crippen molar-refractivity contribution in [1.29, 1.82) is 0 Å². The number of nitrogens with zero attached hydrogens (tertiary/aromatic N) is 2. The van der Waals surface area contributed by atoms with E-state index in [0.717, 1.165) is 36.9 Å². The van der Waals surface area contributed by atoms with Crippen LogP contribution in [-0.4, -0.2) is 28.9 Å². The van der Waals surface area contributed by atoms with Gasteiger partial charge in [0.25, 0.3) is 5.91 Å². The second-order valence-electron chi connectivity index (χ2n) is 6.55. The van der Waals surface area contributed by atoms with Gasteiger partial charge in [0, 0.05) is 24.0 Å². The van der Waals surface area contributed by atoms with E-state index >= 15 is 0 Å². The summed E-state index contributed by atoms with van der Waals surface area (Å²) >= 11 is 0. The number of aromatic nitrogens is 1. The van der Waals surface area contributed by atoms with Gasteiger partial charge in [0.2, 0.25) is 0 Å². The molecule has 2 heterocycles. The summed E-state index contributed by atoms with van der Waals surface area (Å²) in [6.45, 7) is 3.56. The summed E-state index contributed by atoms with van der Waals surface area (Å²) in [5.41, 5.74) is 3.31. The van der Waals surface area contributed by atoms with E-state index in [4.69, 9.17) is 0 Å². The predicted molar refractivity (Wildman–Crippen MR) is 97.0 cm³/mol. The van der Waals surface area contributed by atoms with Crippen molar-refractivity contribution in [3.8, 4) is 11.3 Å². The van der Waals surface area contributed by atoms with Gasteiger partial charge in [0.1, 0.15) is 5.82 Å². The molecule has 1 aromatic heterocycles. The van der Waals surface area contributed by atoms with Gasteiger partial charge >= 0.3 is 0 Å². The number of pyridine rings is 1. The molecule has 0 spiro atoms. The fourth-order valence-electron chi connectivity index (χ4n) is 3.41. The Labute approximate surface area is 146 Å². The highest BCUT2D eigenvalue weighted by Crippen LogP contribution is 2.28. The van der Waals surface area contributed by atoms with Crippen LogP contribution in [0.15, 0.2) is 48.5 Å². The quantitative estimate of drug-likeness (QED) is 0.687. The van der Waals surface area contributed by atoms with Crippen molar-refractivity contribution in [2.45, 2.75) is 19.8 Å². The normalized spacial score (nSPS) is 14.2. The molecule has 0 bridgehead atoms. The average molecular weight is 334 g/mol. The molecule has 1 aliphatic rings. The molecule has 2 aromatic carbocycles. The number of hydrogen-bond donors (Lipinski definition) is 0. The second kappa shape index (κ2) is 6.28. The summed E-state index contributed by atoms with van der Waals surface area (Å²) in [6, 6.07) is 14.1. The Balaban J connectivity index is 1.93. The van der Waals surface area contributed by atoms with Gasteiger partial charge in [-0.2, -0.15) is 0 Å². The lowest BCUT2D eigenvalue weighted by Crippen LogP contribution is -2.28. The summed E-state index contributed by atoms with van der Waals surface area (Å²) in [4.78, 5) is 19.5. The van der Waals surface area contributed by atoms with Gasteiger partial charge in [0.15, 0.2) is 0 Å². The summed E-state index contributed by atoms with van der Waals surface area (Å²) in [6.07, 6.45) is 2.07. The molecule has 0 unspecified atom stereocenters. The lowest BCUT2D eigenvalue weighted by molar-refractivity contribution is 0.0794. The van der Waals surface area contributed by atoms with E-state index in [1.54, 1.807) is 24.3 Å². The minimum atomic E-state index is -0.332. The van der Waals surface area contributed by atoms with Crippen LogP contribution in [0.4, 0.5) is 4.39 Å². The first-order chi connectivity index (χ1) is 12.1. The third-order valence-electron chi connectivity index (χ3n) is 4.74. The monoisotopic (exact) mass is 334 g/mol. The van der Waals surface area contributed by atoms with Crippen LogP contribution >= 0.6 is 0 Å². The van der Waals surface area contributed by atoms with Crippen molar-refractivity contribution in [3.63, 3.8) is 0 Å². The number of rotatable bonds is 2. The van der Waals surface area contributed by atoms with Crippen LogP contribution in [0.5, 0.6) is 0 Å². The maximum atomic E-state index is 14.2. The first kappa shape index (κ1) is 15.8. The van der Waals surface area contributed by atoms with Gasteiger partial charge in [0.05, 0.1) is 16.8 Å². The molecule has 0 N–H and O–H groups in total. The molecule has 1 amide bonds. The largest absolute Gasteiger partial charge is 0.339 e. The van der Waals surface area contributed by atoms with Gasteiger partial charge in [-0.3, -0.25) is 4.79 Å². The molecule has 25 heavy (non-hydrogen) atoms. The van der Waals surface area contributed by atoms with Crippen LogP contribution in [0.1, 0.15) is 28.8 Å². The van der Waals surface area contributed by atoms with Gasteiger partial charge < -0.3 is 4.90 Å². The zero-order valence-corrected chi connectivity index (χ0v) is 14.1. The van der Waals surface area contributed by atoms with Crippen LogP contribution in [-0.2, 0) is 0 Å². The zero-order chi connectivity index (χ0) is 17.4. The first-order valence-corrected chi connectivity index (χ1v) is 8.59. The van der Waals surface area contributed by atoms with Crippen molar-refractivity contribution in [2.24, 2.45) is 0 Å². The van der Waals surface area contributed by atoms with E-state index in [2.05, 4.69) is 4.98 Å². The molecular formula is C21H19FN2O. The lowest BCUT2D eigenvalue weighted by atomic mass is 10.0. The smallest absolute Gasteiger partial charge is 0.254 e. The number of aryl methyl sites for hydroxylation is 1. The molecule has 1 aliphatic heterocycles. The summed E-state index contributed by atoms with van der Waals surface area (Å²) in [5, 5.41) is 0.831. The second-order valence-corrected chi connectivity index (χ2v) is 6.55. The highest BCUT2D eigenvalue weighted by molar-refractivity contribution is 6.07. The molecule has 126 valence electrons. The van der Waals surface area contributed by atoms with E-state index in [-0.39, 0.29) is 11.7 Å². The van der Waals surface area contributed by atoms with Crippen LogP contribution in [0.25, 0.3) is 22.2 Å². The first-order valence-electron chi connectivity index (χ1n) is 8.59. The molecule has 0 atom stereocenters. The molecule has 1 fully saturated rings. The summed E-state index contributed by atoms with van der Waals surface area (Å²) in [5.74, 6) is -0.325. The number of amides is 1. The van der Waals surface area contributed by atoms with E-state index in [1.807, 2.05) is 30.0 Å². The number of benzene rings is 2. The molecule has 0 aliphatic carbocycles. The highest BCUT2D eigenvalue weighted by Gasteiger charge is 2.23. The molecule has 3 nitrogen and oxygen atoms in total. The number of fused-ring (bicyclic) bond motifs is 1. The maximum Gasteiger partial charge on any atom is 0.254 e. The van der Waals surface area contributed by atoms with Gasteiger partial charge in [-0.25, -0.2) is 9.37 Å². The van der Waals surface area contributed by atoms with Crippen LogP contribution in [0, 0.1) is 12.7 Å². The summed E-state index contributed by atoms with van der Waals surface area (Å²) < 4.78 is 14.2. The van der Waals surface area contributed by atoms with Crippen molar-refractivity contribution < 1.29 is 9.18 Å². The van der Waals surface area contributed by atoms with Crippen LogP contribution < -0.4 is 0 Å². The third-order valence-corrected chi connectivity index (χ3v) is 4.74. The number of likely N-dealkylation sites (tertiary alicyclic amines) is 1. The topological polar surface area (TPSA) is 33.2 Å². The Morgan fingerprint density at radius 2 is 1.84 bits per heavy atom. The Morgan fingerprint density at radius 1 is 1.08 bits per heavy atom. The van der Waals surface area contributed by atoms with E-state index < -0.39 is 0 Å².